The third kappa shape index (κ3) is 6.91. The second kappa shape index (κ2) is 10.7. The Hall–Kier alpha value is -2.50. The monoisotopic (exact) mass is 412 g/mol. The van der Waals surface area contributed by atoms with E-state index >= 15 is 0 Å². The summed E-state index contributed by atoms with van der Waals surface area (Å²) in [6.45, 7) is 0.984. The molecule has 1 N–H and O–H groups in total. The molecule has 4 nitrogen and oxygen atoms in total. The Morgan fingerprint density at radius 3 is 2.46 bits per heavy atom. The lowest BCUT2D eigenvalue weighted by Gasteiger charge is -2.08. The normalized spacial score (nSPS) is 10.5. The number of halogens is 1. The standard InChI is InChI=1S/C22H21ClN2O2S/c23-20-7-3-18(4-8-20)15-28-16-22(26)25-13-17-5-9-21(10-6-17)27-14-19-2-1-11-24-12-19/h1-12H,13-16H2,(H,25,26). The van der Waals surface area contributed by atoms with Crippen LogP contribution in [0.2, 0.25) is 5.02 Å². The van der Waals surface area contributed by atoms with E-state index in [-0.39, 0.29) is 5.91 Å². The minimum Gasteiger partial charge on any atom is -0.489 e. The number of hydrogen-bond donors (Lipinski definition) is 1. The number of nitrogens with zero attached hydrogens (tertiary/aromatic N) is 1. The Morgan fingerprint density at radius 2 is 1.75 bits per heavy atom. The first-order valence-corrected chi connectivity index (χ1v) is 10.4. The van der Waals surface area contributed by atoms with Crippen LogP contribution in [0.15, 0.2) is 73.1 Å². The van der Waals surface area contributed by atoms with Crippen molar-refractivity contribution in [3.63, 3.8) is 0 Å². The molecule has 3 rings (SSSR count). The number of hydrogen-bond acceptors (Lipinski definition) is 4. The second-order valence-electron chi connectivity index (χ2n) is 6.19. The first-order chi connectivity index (χ1) is 13.7. The van der Waals surface area contributed by atoms with Crippen molar-refractivity contribution in [3.05, 3.63) is 94.8 Å². The summed E-state index contributed by atoms with van der Waals surface area (Å²) in [6.07, 6.45) is 3.53. The molecule has 0 aliphatic carbocycles. The molecule has 0 aliphatic heterocycles. The van der Waals surface area contributed by atoms with Gasteiger partial charge in [-0.1, -0.05) is 41.9 Å². The highest BCUT2D eigenvalue weighted by atomic mass is 35.5. The van der Waals surface area contributed by atoms with Gasteiger partial charge in [-0.3, -0.25) is 9.78 Å². The number of benzene rings is 2. The number of carbonyl (C=O) groups is 1. The summed E-state index contributed by atoms with van der Waals surface area (Å²) < 4.78 is 5.74. The van der Waals surface area contributed by atoms with Gasteiger partial charge in [-0.15, -0.1) is 11.8 Å². The predicted octanol–water partition coefficient (Wildman–Crippen LogP) is 4.86. The van der Waals surface area contributed by atoms with Gasteiger partial charge in [0.1, 0.15) is 12.4 Å². The molecular formula is C22H21ClN2O2S. The third-order valence-electron chi connectivity index (χ3n) is 3.96. The summed E-state index contributed by atoms with van der Waals surface area (Å²) in [5, 5.41) is 3.66. The van der Waals surface area contributed by atoms with Crippen molar-refractivity contribution in [2.45, 2.75) is 18.9 Å². The number of ether oxygens (including phenoxy) is 1. The van der Waals surface area contributed by atoms with E-state index in [1.807, 2.05) is 60.7 Å². The average Bonchev–Trinajstić information content (AvgIpc) is 2.74. The lowest BCUT2D eigenvalue weighted by atomic mass is 10.2. The molecule has 0 aliphatic rings. The van der Waals surface area contributed by atoms with Crippen LogP contribution >= 0.6 is 23.4 Å². The molecule has 0 saturated carbocycles. The van der Waals surface area contributed by atoms with Crippen LogP contribution < -0.4 is 10.1 Å². The zero-order chi connectivity index (χ0) is 19.6. The lowest BCUT2D eigenvalue weighted by Crippen LogP contribution is -2.24. The molecule has 1 heterocycles. The molecule has 144 valence electrons. The molecule has 0 bridgehead atoms. The molecule has 1 amide bonds. The predicted molar refractivity (Wildman–Crippen MR) is 114 cm³/mol. The molecule has 0 radical (unpaired) electrons. The van der Waals surface area contributed by atoms with E-state index in [0.717, 1.165) is 33.2 Å². The Balaban J connectivity index is 1.35. The van der Waals surface area contributed by atoms with Crippen molar-refractivity contribution in [1.29, 1.82) is 0 Å². The molecule has 2 aromatic carbocycles. The number of carbonyl (C=O) groups excluding carboxylic acids is 1. The van der Waals surface area contributed by atoms with Crippen molar-refractivity contribution < 1.29 is 9.53 Å². The Kier molecular flexibility index (Phi) is 7.76. The van der Waals surface area contributed by atoms with Gasteiger partial charge < -0.3 is 10.1 Å². The number of pyridine rings is 1. The van der Waals surface area contributed by atoms with Gasteiger partial charge in [0.15, 0.2) is 0 Å². The van der Waals surface area contributed by atoms with Crippen molar-refractivity contribution in [2.24, 2.45) is 0 Å². The van der Waals surface area contributed by atoms with Gasteiger partial charge in [-0.2, -0.15) is 0 Å². The maximum Gasteiger partial charge on any atom is 0.230 e. The van der Waals surface area contributed by atoms with Crippen LogP contribution in [0.25, 0.3) is 0 Å². The van der Waals surface area contributed by atoms with Gasteiger partial charge in [-0.25, -0.2) is 0 Å². The van der Waals surface area contributed by atoms with Crippen molar-refractivity contribution in [2.75, 3.05) is 5.75 Å². The third-order valence-corrected chi connectivity index (χ3v) is 5.21. The number of aromatic nitrogens is 1. The van der Waals surface area contributed by atoms with Gasteiger partial charge in [-0.05, 0) is 41.5 Å². The number of thioether (sulfide) groups is 1. The summed E-state index contributed by atoms with van der Waals surface area (Å²) in [5.41, 5.74) is 3.21. The molecule has 0 spiro atoms. The van der Waals surface area contributed by atoms with Crippen molar-refractivity contribution in [1.82, 2.24) is 10.3 Å². The van der Waals surface area contributed by atoms with E-state index in [4.69, 9.17) is 16.3 Å². The van der Waals surface area contributed by atoms with Crippen LogP contribution in [0.4, 0.5) is 0 Å². The first-order valence-electron chi connectivity index (χ1n) is 8.88. The van der Waals surface area contributed by atoms with Gasteiger partial charge in [0.05, 0.1) is 5.75 Å². The smallest absolute Gasteiger partial charge is 0.230 e. The van der Waals surface area contributed by atoms with E-state index in [9.17, 15) is 4.79 Å². The summed E-state index contributed by atoms with van der Waals surface area (Å²) in [4.78, 5) is 16.1. The van der Waals surface area contributed by atoms with Crippen LogP contribution in [0.3, 0.4) is 0 Å². The number of nitrogens with one attached hydrogen (secondary N) is 1. The van der Waals surface area contributed by atoms with Gasteiger partial charge in [0.2, 0.25) is 5.91 Å². The summed E-state index contributed by atoms with van der Waals surface area (Å²) in [7, 11) is 0. The Labute approximate surface area is 174 Å². The molecule has 28 heavy (non-hydrogen) atoms. The first kappa shape index (κ1) is 20.2. The molecule has 6 heteroatoms. The maximum atomic E-state index is 12.0. The fraction of sp³-hybridized carbons (Fsp3) is 0.182. The highest BCUT2D eigenvalue weighted by Gasteiger charge is 2.03. The van der Waals surface area contributed by atoms with Crippen LogP contribution in [-0.4, -0.2) is 16.6 Å². The lowest BCUT2D eigenvalue weighted by molar-refractivity contribution is -0.118. The largest absolute Gasteiger partial charge is 0.489 e. The maximum absolute atomic E-state index is 12.0. The highest BCUT2D eigenvalue weighted by molar-refractivity contribution is 7.99. The van der Waals surface area contributed by atoms with Crippen molar-refractivity contribution in [3.8, 4) is 5.75 Å². The quantitative estimate of drug-likeness (QED) is 0.545. The summed E-state index contributed by atoms with van der Waals surface area (Å²) in [6, 6.07) is 19.3. The number of rotatable bonds is 9. The SMILES string of the molecule is O=C(CSCc1ccc(Cl)cc1)NCc1ccc(OCc2cccnc2)cc1. The summed E-state index contributed by atoms with van der Waals surface area (Å²) >= 11 is 7.45. The van der Waals surface area contributed by atoms with Crippen LogP contribution in [-0.2, 0) is 23.7 Å². The Bertz CT molecular complexity index is 871. The minimum absolute atomic E-state index is 0.0240. The molecule has 0 saturated heterocycles. The second-order valence-corrected chi connectivity index (χ2v) is 7.61. The molecule has 0 fully saturated rings. The molecule has 0 atom stereocenters. The van der Waals surface area contributed by atoms with Crippen LogP contribution in [0, 0.1) is 0 Å². The van der Waals surface area contributed by atoms with Gasteiger partial charge in [0.25, 0.3) is 0 Å². The van der Waals surface area contributed by atoms with Gasteiger partial charge in [0, 0.05) is 35.3 Å². The fourth-order valence-corrected chi connectivity index (χ4v) is 3.39. The van der Waals surface area contributed by atoms with E-state index in [2.05, 4.69) is 10.3 Å². The van der Waals surface area contributed by atoms with Gasteiger partial charge >= 0.3 is 0 Å². The zero-order valence-electron chi connectivity index (χ0n) is 15.3. The fourth-order valence-electron chi connectivity index (χ4n) is 2.45. The summed E-state index contributed by atoms with van der Waals surface area (Å²) in [5.74, 6) is 2.02. The molecular weight excluding hydrogens is 392 g/mol. The highest BCUT2D eigenvalue weighted by Crippen LogP contribution is 2.16. The van der Waals surface area contributed by atoms with E-state index < -0.39 is 0 Å². The van der Waals surface area contributed by atoms with Crippen LogP contribution in [0.5, 0.6) is 5.75 Å². The zero-order valence-corrected chi connectivity index (χ0v) is 16.9. The van der Waals surface area contributed by atoms with Crippen LogP contribution in [0.1, 0.15) is 16.7 Å². The topological polar surface area (TPSA) is 51.2 Å². The minimum atomic E-state index is 0.0240. The number of amides is 1. The van der Waals surface area contributed by atoms with Crippen molar-refractivity contribution >= 4 is 29.3 Å². The molecule has 1 aromatic heterocycles. The molecule has 0 unspecified atom stereocenters. The Morgan fingerprint density at radius 1 is 1.00 bits per heavy atom. The average molecular weight is 413 g/mol. The van der Waals surface area contributed by atoms with E-state index in [1.165, 1.54) is 0 Å². The molecule has 3 aromatic rings. The van der Waals surface area contributed by atoms with E-state index in [0.29, 0.717) is 18.9 Å². The van der Waals surface area contributed by atoms with E-state index in [1.54, 1.807) is 24.2 Å².